The van der Waals surface area contributed by atoms with Crippen molar-refractivity contribution in [2.24, 2.45) is 0 Å². The highest BCUT2D eigenvalue weighted by Crippen LogP contribution is 2.17. The fourth-order valence-electron chi connectivity index (χ4n) is 8.04. The van der Waals surface area contributed by atoms with Crippen molar-refractivity contribution >= 4 is 5.91 Å². The molecule has 0 saturated carbocycles. The lowest BCUT2D eigenvalue weighted by Gasteiger charge is -2.22. The molecule has 3 N–H and O–H groups in total. The number of nitrogens with one attached hydrogen (secondary N) is 1. The number of amides is 1. The molecule has 332 valence electrons. The van der Waals surface area contributed by atoms with Crippen LogP contribution < -0.4 is 5.32 Å². The van der Waals surface area contributed by atoms with E-state index in [1.54, 1.807) is 0 Å². The first kappa shape index (κ1) is 54.9. The molecule has 0 aromatic carbocycles. The van der Waals surface area contributed by atoms with Gasteiger partial charge in [0.2, 0.25) is 5.91 Å². The number of rotatable bonds is 47. The van der Waals surface area contributed by atoms with Crippen molar-refractivity contribution in [3.8, 4) is 0 Å². The molecule has 56 heavy (non-hydrogen) atoms. The van der Waals surface area contributed by atoms with Crippen LogP contribution in [-0.2, 0) is 4.79 Å². The molecule has 4 nitrogen and oxygen atoms in total. The van der Waals surface area contributed by atoms with Crippen LogP contribution in [0, 0.1) is 0 Å². The summed E-state index contributed by atoms with van der Waals surface area (Å²) >= 11 is 0. The summed E-state index contributed by atoms with van der Waals surface area (Å²) in [5, 5.41) is 22.8. The summed E-state index contributed by atoms with van der Waals surface area (Å²) in [5.41, 5.74) is 0. The highest BCUT2D eigenvalue weighted by Gasteiger charge is 2.20. The minimum atomic E-state index is -0.651. The van der Waals surface area contributed by atoms with Crippen LogP contribution in [0.15, 0.2) is 24.3 Å². The van der Waals surface area contributed by atoms with Gasteiger partial charge in [0.05, 0.1) is 18.8 Å². The predicted octanol–water partition coefficient (Wildman–Crippen LogP) is 16.4. The van der Waals surface area contributed by atoms with Crippen LogP contribution in [-0.4, -0.2) is 34.9 Å². The Bertz CT molecular complexity index is 810. The monoisotopic (exact) mass is 788 g/mol. The number of hydrogen-bond donors (Lipinski definition) is 3. The lowest BCUT2D eigenvalue weighted by molar-refractivity contribution is -0.123. The van der Waals surface area contributed by atoms with E-state index in [1.165, 1.54) is 225 Å². The van der Waals surface area contributed by atoms with Gasteiger partial charge >= 0.3 is 0 Å². The van der Waals surface area contributed by atoms with Crippen molar-refractivity contribution < 1.29 is 15.0 Å². The Balaban J connectivity index is 3.27. The maximum Gasteiger partial charge on any atom is 0.220 e. The van der Waals surface area contributed by atoms with Gasteiger partial charge in [0.25, 0.3) is 0 Å². The fourth-order valence-corrected chi connectivity index (χ4v) is 8.04. The van der Waals surface area contributed by atoms with Gasteiger partial charge in [-0.25, -0.2) is 0 Å². The highest BCUT2D eigenvalue weighted by molar-refractivity contribution is 5.76. The number of hydrogen-bond acceptors (Lipinski definition) is 3. The van der Waals surface area contributed by atoms with Crippen LogP contribution >= 0.6 is 0 Å². The molecule has 2 unspecified atom stereocenters. The van der Waals surface area contributed by atoms with E-state index in [1.807, 2.05) is 0 Å². The van der Waals surface area contributed by atoms with Crippen molar-refractivity contribution in [2.45, 2.75) is 296 Å². The number of aliphatic hydroxyl groups is 2. The molecule has 0 aromatic rings. The van der Waals surface area contributed by atoms with Crippen molar-refractivity contribution in [1.29, 1.82) is 0 Å². The second kappa shape index (κ2) is 48.2. The van der Waals surface area contributed by atoms with Crippen LogP contribution in [0.2, 0.25) is 0 Å². The van der Waals surface area contributed by atoms with Gasteiger partial charge in [-0.2, -0.15) is 0 Å². The maximum absolute atomic E-state index is 12.3. The zero-order valence-corrected chi connectivity index (χ0v) is 38.2. The third-order valence-electron chi connectivity index (χ3n) is 12.0. The summed E-state index contributed by atoms with van der Waals surface area (Å²) in [5.74, 6) is -0.0337. The van der Waals surface area contributed by atoms with Crippen LogP contribution in [0.5, 0.6) is 0 Å². The molecule has 0 spiro atoms. The number of carbonyl (C=O) groups excluding carboxylic acids is 1. The fraction of sp³-hybridized carbons (Fsp3) is 0.904. The highest BCUT2D eigenvalue weighted by atomic mass is 16.3. The van der Waals surface area contributed by atoms with E-state index in [2.05, 4.69) is 43.5 Å². The molecule has 2 atom stereocenters. The van der Waals surface area contributed by atoms with E-state index in [-0.39, 0.29) is 12.5 Å². The first-order chi connectivity index (χ1) is 27.7. The van der Waals surface area contributed by atoms with Crippen LogP contribution in [0.25, 0.3) is 0 Å². The first-order valence-corrected chi connectivity index (χ1v) is 25.5. The van der Waals surface area contributed by atoms with Crippen molar-refractivity contribution in [3.63, 3.8) is 0 Å². The lowest BCUT2D eigenvalue weighted by Crippen LogP contribution is -2.45. The summed E-state index contributed by atoms with van der Waals surface area (Å²) in [6.45, 7) is 4.28. The summed E-state index contributed by atoms with van der Waals surface area (Å²) in [4.78, 5) is 12.3. The van der Waals surface area contributed by atoms with Gasteiger partial charge in [-0.1, -0.05) is 256 Å². The summed E-state index contributed by atoms with van der Waals surface area (Å²) in [6, 6.07) is -0.528. The van der Waals surface area contributed by atoms with E-state index >= 15 is 0 Å². The molecule has 0 aliphatic heterocycles. The number of carbonyl (C=O) groups is 1. The molecule has 4 heteroatoms. The van der Waals surface area contributed by atoms with Crippen LogP contribution in [0.1, 0.15) is 284 Å². The molecule has 0 saturated heterocycles. The molecule has 0 aliphatic rings. The molecular weight excluding hydrogens is 687 g/mol. The zero-order chi connectivity index (χ0) is 40.7. The zero-order valence-electron chi connectivity index (χ0n) is 38.2. The SMILES string of the molecule is CCCCCCC/C=C\C/C=C\CCCCCCCCCCCCCCCCCCCCCCCCCCCCCC(=O)NC(CO)C(O)CCCCCCC. The Labute approximate surface area is 351 Å². The van der Waals surface area contributed by atoms with Crippen LogP contribution in [0.3, 0.4) is 0 Å². The molecule has 0 aromatic heterocycles. The van der Waals surface area contributed by atoms with Gasteiger partial charge in [-0.15, -0.1) is 0 Å². The lowest BCUT2D eigenvalue weighted by atomic mass is 10.0. The Morgan fingerprint density at radius 1 is 0.429 bits per heavy atom. The molecule has 0 radical (unpaired) electrons. The van der Waals surface area contributed by atoms with Crippen LogP contribution in [0.4, 0.5) is 0 Å². The number of allylic oxidation sites excluding steroid dienone is 4. The van der Waals surface area contributed by atoms with Gasteiger partial charge in [-0.3, -0.25) is 4.79 Å². The minimum absolute atomic E-state index is 0.0337. The average molecular weight is 788 g/mol. The van der Waals surface area contributed by atoms with Crippen molar-refractivity contribution in [2.75, 3.05) is 6.61 Å². The predicted molar refractivity (Wildman–Crippen MR) is 249 cm³/mol. The third-order valence-corrected chi connectivity index (χ3v) is 12.0. The van der Waals surface area contributed by atoms with E-state index in [0.29, 0.717) is 12.8 Å². The van der Waals surface area contributed by atoms with Crippen molar-refractivity contribution in [1.82, 2.24) is 5.32 Å². The summed E-state index contributed by atoms with van der Waals surface area (Å²) in [7, 11) is 0. The molecule has 1 amide bonds. The Morgan fingerprint density at radius 2 is 0.732 bits per heavy atom. The normalized spacial score (nSPS) is 13.0. The van der Waals surface area contributed by atoms with E-state index in [0.717, 1.165) is 32.1 Å². The van der Waals surface area contributed by atoms with Crippen molar-refractivity contribution in [3.05, 3.63) is 24.3 Å². The average Bonchev–Trinajstić information content (AvgIpc) is 3.20. The number of aliphatic hydroxyl groups excluding tert-OH is 2. The minimum Gasteiger partial charge on any atom is -0.394 e. The molecule has 0 heterocycles. The quantitative estimate of drug-likeness (QED) is 0.0425. The third kappa shape index (κ3) is 44.0. The molecule has 0 rings (SSSR count). The smallest absolute Gasteiger partial charge is 0.220 e. The maximum atomic E-state index is 12.3. The van der Waals surface area contributed by atoms with E-state index < -0.39 is 12.1 Å². The van der Waals surface area contributed by atoms with Gasteiger partial charge < -0.3 is 15.5 Å². The van der Waals surface area contributed by atoms with E-state index in [9.17, 15) is 15.0 Å². The second-order valence-electron chi connectivity index (χ2n) is 17.6. The first-order valence-electron chi connectivity index (χ1n) is 25.5. The molecule has 0 fully saturated rings. The second-order valence-corrected chi connectivity index (χ2v) is 17.6. The van der Waals surface area contributed by atoms with Gasteiger partial charge in [0.1, 0.15) is 0 Å². The molecule has 0 bridgehead atoms. The Kier molecular flexibility index (Phi) is 47.3. The largest absolute Gasteiger partial charge is 0.394 e. The Morgan fingerprint density at radius 3 is 1.07 bits per heavy atom. The topological polar surface area (TPSA) is 69.6 Å². The summed E-state index contributed by atoms with van der Waals surface area (Å²) in [6.07, 6.45) is 63.5. The Hall–Kier alpha value is -1.13. The molecular formula is C52H101NO3. The standard InChI is InChI=1S/C52H101NO3/c1-3-5-7-9-10-11-12-13-14-15-16-17-18-19-20-21-22-23-24-25-26-27-28-29-30-31-32-33-34-35-36-37-38-39-40-41-42-44-46-48-52(56)53-50(49-54)51(55)47-45-43-8-6-4-2/h12-13,15-16,50-51,54-55H,3-11,14,17-49H2,1-2H3,(H,53,56)/b13-12-,16-15-. The van der Waals surface area contributed by atoms with Gasteiger partial charge in [-0.05, 0) is 44.9 Å². The molecule has 0 aliphatic carbocycles. The van der Waals surface area contributed by atoms with E-state index in [4.69, 9.17) is 0 Å². The number of unbranched alkanes of at least 4 members (excludes halogenated alkanes) is 36. The van der Waals surface area contributed by atoms with Gasteiger partial charge in [0.15, 0.2) is 0 Å². The summed E-state index contributed by atoms with van der Waals surface area (Å²) < 4.78 is 0. The van der Waals surface area contributed by atoms with Gasteiger partial charge in [0, 0.05) is 6.42 Å².